The third kappa shape index (κ3) is 3.57. The highest BCUT2D eigenvalue weighted by Gasteiger charge is 2.37. The Bertz CT molecular complexity index is 444. The molecule has 21 heavy (non-hydrogen) atoms. The molecule has 1 aromatic rings. The van der Waals surface area contributed by atoms with Crippen molar-refractivity contribution in [3.8, 4) is 5.75 Å². The van der Waals surface area contributed by atoms with Crippen LogP contribution in [0, 0.1) is 0 Å². The number of nitrogens with zero attached hydrogens (tertiary/aromatic N) is 1. The molecular weight excluding hydrogens is 264 g/mol. The molecule has 1 aromatic carbocycles. The number of methoxy groups -OCH3 is 1. The fraction of sp³-hybridized carbons (Fsp3) is 0.647. The van der Waals surface area contributed by atoms with Gasteiger partial charge in [-0.05, 0) is 44.9 Å². The lowest BCUT2D eigenvalue weighted by Crippen LogP contribution is -2.60. The highest BCUT2D eigenvalue weighted by Crippen LogP contribution is 2.28. The molecule has 0 spiro atoms. The first-order chi connectivity index (χ1) is 10.1. The number of hydrogen-bond donors (Lipinski definition) is 1. The second-order valence-electron chi connectivity index (χ2n) is 6.06. The van der Waals surface area contributed by atoms with Gasteiger partial charge in [0, 0.05) is 19.2 Å². The molecule has 0 saturated carbocycles. The monoisotopic (exact) mass is 292 g/mol. The van der Waals surface area contributed by atoms with Gasteiger partial charge in [-0.15, -0.1) is 0 Å². The summed E-state index contributed by atoms with van der Waals surface area (Å²) in [7, 11) is 3.89. The summed E-state index contributed by atoms with van der Waals surface area (Å²) in [6.07, 6.45) is 3.14. The lowest BCUT2D eigenvalue weighted by molar-refractivity contribution is -0.0481. The van der Waals surface area contributed by atoms with E-state index in [2.05, 4.69) is 31.0 Å². The van der Waals surface area contributed by atoms with E-state index in [1.54, 1.807) is 7.11 Å². The summed E-state index contributed by atoms with van der Waals surface area (Å²) in [5.41, 5.74) is 7.29. The molecule has 4 nitrogen and oxygen atoms in total. The normalized spacial score (nSPS) is 24.0. The third-order valence-electron chi connectivity index (χ3n) is 4.80. The molecule has 1 aliphatic rings. The second-order valence-corrected chi connectivity index (χ2v) is 6.06. The Morgan fingerprint density at radius 1 is 1.43 bits per heavy atom. The summed E-state index contributed by atoms with van der Waals surface area (Å²) in [5.74, 6) is 0.958. The van der Waals surface area contributed by atoms with Crippen LogP contribution in [0.15, 0.2) is 24.3 Å². The number of hydrogen-bond acceptors (Lipinski definition) is 4. The van der Waals surface area contributed by atoms with Gasteiger partial charge in [-0.3, -0.25) is 4.90 Å². The predicted molar refractivity (Wildman–Crippen MR) is 85.8 cm³/mol. The first-order valence-electron chi connectivity index (χ1n) is 7.75. The fourth-order valence-corrected chi connectivity index (χ4v) is 3.22. The van der Waals surface area contributed by atoms with Crippen LogP contribution in [0.2, 0.25) is 0 Å². The SMILES string of the molecule is COc1ccccc1CC(C)N(C)C1(CN)CCCOC1. The van der Waals surface area contributed by atoms with E-state index in [9.17, 15) is 0 Å². The molecule has 0 radical (unpaired) electrons. The Labute approximate surface area is 128 Å². The summed E-state index contributed by atoms with van der Waals surface area (Å²) in [6.45, 7) is 4.48. The average molecular weight is 292 g/mol. The van der Waals surface area contributed by atoms with Gasteiger partial charge >= 0.3 is 0 Å². The van der Waals surface area contributed by atoms with Crippen molar-refractivity contribution in [3.63, 3.8) is 0 Å². The smallest absolute Gasteiger partial charge is 0.122 e. The Hall–Kier alpha value is -1.10. The number of ether oxygens (including phenoxy) is 2. The standard InChI is InChI=1S/C17H28N2O2/c1-14(11-15-7-4-5-8-16(15)20-3)19(2)17(12-18)9-6-10-21-13-17/h4-5,7-8,14H,6,9-13,18H2,1-3H3. The van der Waals surface area contributed by atoms with Crippen molar-refractivity contribution in [2.45, 2.75) is 37.8 Å². The molecule has 0 aromatic heterocycles. The second kappa shape index (κ2) is 7.25. The van der Waals surface area contributed by atoms with Crippen molar-refractivity contribution < 1.29 is 9.47 Å². The van der Waals surface area contributed by atoms with Crippen LogP contribution in [0.4, 0.5) is 0 Å². The molecule has 118 valence electrons. The quantitative estimate of drug-likeness (QED) is 0.872. The molecule has 1 saturated heterocycles. The van der Waals surface area contributed by atoms with Crippen LogP contribution >= 0.6 is 0 Å². The summed E-state index contributed by atoms with van der Waals surface area (Å²) in [5, 5.41) is 0. The van der Waals surface area contributed by atoms with Crippen molar-refractivity contribution in [2.24, 2.45) is 5.73 Å². The molecule has 1 heterocycles. The van der Waals surface area contributed by atoms with Gasteiger partial charge in [-0.25, -0.2) is 0 Å². The summed E-state index contributed by atoms with van der Waals surface area (Å²) < 4.78 is 11.2. The number of benzene rings is 1. The molecule has 4 heteroatoms. The molecular formula is C17H28N2O2. The Morgan fingerprint density at radius 2 is 2.19 bits per heavy atom. The van der Waals surface area contributed by atoms with E-state index in [4.69, 9.17) is 15.2 Å². The number of para-hydroxylation sites is 1. The zero-order valence-electron chi connectivity index (χ0n) is 13.5. The lowest BCUT2D eigenvalue weighted by atomic mass is 9.88. The van der Waals surface area contributed by atoms with E-state index in [0.29, 0.717) is 12.6 Å². The summed E-state index contributed by atoms with van der Waals surface area (Å²) in [4.78, 5) is 2.40. The Morgan fingerprint density at radius 3 is 2.81 bits per heavy atom. The van der Waals surface area contributed by atoms with Crippen LogP contribution in [-0.4, -0.2) is 50.4 Å². The van der Waals surface area contributed by atoms with E-state index in [1.165, 1.54) is 5.56 Å². The minimum atomic E-state index is -0.0281. The maximum atomic E-state index is 6.08. The maximum Gasteiger partial charge on any atom is 0.122 e. The van der Waals surface area contributed by atoms with Gasteiger partial charge in [0.1, 0.15) is 5.75 Å². The van der Waals surface area contributed by atoms with Gasteiger partial charge < -0.3 is 15.2 Å². The van der Waals surface area contributed by atoms with E-state index in [0.717, 1.165) is 38.2 Å². The summed E-state index contributed by atoms with van der Waals surface area (Å²) >= 11 is 0. The number of likely N-dealkylation sites (N-methyl/N-ethyl adjacent to an activating group) is 1. The van der Waals surface area contributed by atoms with E-state index < -0.39 is 0 Å². The molecule has 0 amide bonds. The van der Waals surface area contributed by atoms with Gasteiger partial charge in [0.15, 0.2) is 0 Å². The number of rotatable bonds is 6. The van der Waals surface area contributed by atoms with Crippen molar-refractivity contribution in [1.82, 2.24) is 4.90 Å². The molecule has 1 aliphatic heterocycles. The molecule has 0 bridgehead atoms. The highest BCUT2D eigenvalue weighted by molar-refractivity contribution is 5.33. The zero-order valence-corrected chi connectivity index (χ0v) is 13.5. The van der Waals surface area contributed by atoms with Gasteiger partial charge in [0.2, 0.25) is 0 Å². The van der Waals surface area contributed by atoms with E-state index >= 15 is 0 Å². The van der Waals surface area contributed by atoms with Gasteiger partial charge in [0.25, 0.3) is 0 Å². The van der Waals surface area contributed by atoms with Crippen molar-refractivity contribution in [1.29, 1.82) is 0 Å². The van der Waals surface area contributed by atoms with Gasteiger partial charge in [-0.1, -0.05) is 18.2 Å². The molecule has 0 aliphatic carbocycles. The molecule has 2 rings (SSSR count). The zero-order chi connectivity index (χ0) is 15.3. The van der Waals surface area contributed by atoms with Crippen molar-refractivity contribution in [3.05, 3.63) is 29.8 Å². The Balaban J connectivity index is 2.09. The van der Waals surface area contributed by atoms with Crippen LogP contribution in [0.25, 0.3) is 0 Å². The number of nitrogens with two attached hydrogens (primary N) is 1. The molecule has 1 fully saturated rings. The fourth-order valence-electron chi connectivity index (χ4n) is 3.22. The minimum Gasteiger partial charge on any atom is -0.496 e. The van der Waals surface area contributed by atoms with Crippen LogP contribution in [0.3, 0.4) is 0 Å². The minimum absolute atomic E-state index is 0.0281. The van der Waals surface area contributed by atoms with Gasteiger partial charge in [0.05, 0.1) is 19.3 Å². The summed E-state index contributed by atoms with van der Waals surface area (Å²) in [6, 6.07) is 8.60. The van der Waals surface area contributed by atoms with Crippen molar-refractivity contribution >= 4 is 0 Å². The largest absolute Gasteiger partial charge is 0.496 e. The first-order valence-corrected chi connectivity index (χ1v) is 7.75. The molecule has 2 unspecified atom stereocenters. The lowest BCUT2D eigenvalue weighted by Gasteiger charge is -2.46. The van der Waals surface area contributed by atoms with Crippen LogP contribution < -0.4 is 10.5 Å². The van der Waals surface area contributed by atoms with Gasteiger partial charge in [-0.2, -0.15) is 0 Å². The molecule has 2 N–H and O–H groups in total. The topological polar surface area (TPSA) is 47.7 Å². The van der Waals surface area contributed by atoms with Crippen molar-refractivity contribution in [2.75, 3.05) is 33.9 Å². The van der Waals surface area contributed by atoms with Crippen LogP contribution in [0.5, 0.6) is 5.75 Å². The van der Waals surface area contributed by atoms with E-state index in [1.807, 2.05) is 12.1 Å². The first kappa shape index (κ1) is 16.3. The Kier molecular flexibility index (Phi) is 5.62. The third-order valence-corrected chi connectivity index (χ3v) is 4.80. The average Bonchev–Trinajstić information content (AvgIpc) is 2.55. The van der Waals surface area contributed by atoms with E-state index in [-0.39, 0.29) is 5.54 Å². The molecule has 2 atom stereocenters. The van der Waals surface area contributed by atoms with Crippen LogP contribution in [0.1, 0.15) is 25.3 Å². The predicted octanol–water partition coefficient (Wildman–Crippen LogP) is 2.07. The maximum absolute atomic E-state index is 6.08. The highest BCUT2D eigenvalue weighted by atomic mass is 16.5. The van der Waals surface area contributed by atoms with Crippen LogP contribution in [-0.2, 0) is 11.2 Å².